The predicted molar refractivity (Wildman–Crippen MR) is 151 cm³/mol. The van der Waals surface area contributed by atoms with Gasteiger partial charge in [-0.05, 0) is 61.4 Å². The minimum Gasteiger partial charge on any atom is -0.486 e. The summed E-state index contributed by atoms with van der Waals surface area (Å²) < 4.78 is 40.5. The molecule has 0 unspecified atom stereocenters. The van der Waals surface area contributed by atoms with Crippen LogP contribution >= 0.6 is 0 Å². The van der Waals surface area contributed by atoms with Crippen molar-refractivity contribution in [2.75, 3.05) is 17.5 Å². The Morgan fingerprint density at radius 2 is 1.54 bits per heavy atom. The van der Waals surface area contributed by atoms with Crippen molar-refractivity contribution < 1.29 is 22.7 Å². The van der Waals surface area contributed by atoms with Crippen LogP contribution in [0, 0.1) is 6.92 Å². The Hall–Kier alpha value is -4.30. The van der Waals surface area contributed by atoms with Crippen molar-refractivity contribution in [2.24, 2.45) is 0 Å². The largest absolute Gasteiger partial charge is 0.486 e. The quantitative estimate of drug-likeness (QED) is 0.311. The lowest BCUT2D eigenvalue weighted by atomic mass is 10.1. The SMILES string of the molecule is Cc1ccc(S(=O)(=O)N(Cc2ccccc2)c2ccccc2C(=O)N[C@H](C)c2ccc3c(c2)OCCO3)cc1. The van der Waals surface area contributed by atoms with Crippen molar-refractivity contribution in [1.29, 1.82) is 0 Å². The first kappa shape index (κ1) is 26.3. The molecule has 0 spiro atoms. The summed E-state index contributed by atoms with van der Waals surface area (Å²) in [6.07, 6.45) is 0. The van der Waals surface area contributed by atoms with E-state index in [2.05, 4.69) is 5.32 Å². The number of para-hydroxylation sites is 1. The monoisotopic (exact) mass is 542 g/mol. The van der Waals surface area contributed by atoms with Crippen LogP contribution in [0.1, 0.15) is 40.0 Å². The zero-order valence-electron chi connectivity index (χ0n) is 21.8. The Morgan fingerprint density at radius 1 is 0.872 bits per heavy atom. The van der Waals surface area contributed by atoms with Gasteiger partial charge in [0.15, 0.2) is 11.5 Å². The van der Waals surface area contributed by atoms with Crippen molar-refractivity contribution in [3.63, 3.8) is 0 Å². The van der Waals surface area contributed by atoms with Crippen LogP contribution in [0.3, 0.4) is 0 Å². The summed E-state index contributed by atoms with van der Waals surface area (Å²) in [6, 6.07) is 28.0. The maximum atomic E-state index is 14.0. The van der Waals surface area contributed by atoms with Gasteiger partial charge in [0.25, 0.3) is 15.9 Å². The van der Waals surface area contributed by atoms with Gasteiger partial charge in [-0.25, -0.2) is 8.42 Å². The average molecular weight is 543 g/mol. The Morgan fingerprint density at radius 3 is 2.28 bits per heavy atom. The number of anilines is 1. The molecule has 1 aliphatic rings. The molecular formula is C31H30N2O5S. The van der Waals surface area contributed by atoms with Gasteiger partial charge in [0.1, 0.15) is 13.2 Å². The summed E-state index contributed by atoms with van der Waals surface area (Å²) in [4.78, 5) is 13.8. The molecule has 0 radical (unpaired) electrons. The molecule has 39 heavy (non-hydrogen) atoms. The molecule has 1 atom stereocenters. The van der Waals surface area contributed by atoms with Gasteiger partial charge in [-0.2, -0.15) is 0 Å². The number of nitrogens with one attached hydrogen (secondary N) is 1. The molecular weight excluding hydrogens is 512 g/mol. The summed E-state index contributed by atoms with van der Waals surface area (Å²) in [5.74, 6) is 0.926. The Balaban J connectivity index is 1.49. The number of sulfonamides is 1. The van der Waals surface area contributed by atoms with Gasteiger partial charge < -0.3 is 14.8 Å². The molecule has 8 heteroatoms. The second kappa shape index (κ2) is 11.2. The number of nitrogens with zero attached hydrogens (tertiary/aromatic N) is 1. The lowest BCUT2D eigenvalue weighted by molar-refractivity contribution is 0.0940. The number of benzene rings is 4. The molecule has 1 aliphatic heterocycles. The van der Waals surface area contributed by atoms with Crippen molar-refractivity contribution in [3.8, 4) is 11.5 Å². The van der Waals surface area contributed by atoms with E-state index in [-0.39, 0.29) is 29.0 Å². The highest BCUT2D eigenvalue weighted by Gasteiger charge is 2.29. The number of ether oxygens (including phenoxy) is 2. The second-order valence-electron chi connectivity index (χ2n) is 9.43. The van der Waals surface area contributed by atoms with Crippen LogP contribution in [0.5, 0.6) is 11.5 Å². The topological polar surface area (TPSA) is 84.9 Å². The summed E-state index contributed by atoms with van der Waals surface area (Å²) >= 11 is 0. The van der Waals surface area contributed by atoms with E-state index in [0.29, 0.717) is 30.4 Å². The van der Waals surface area contributed by atoms with E-state index in [1.165, 1.54) is 4.31 Å². The van der Waals surface area contributed by atoms with E-state index in [1.54, 1.807) is 48.5 Å². The Labute approximate surface area is 229 Å². The fraction of sp³-hybridized carbons (Fsp3) is 0.194. The zero-order chi connectivity index (χ0) is 27.4. The Kier molecular flexibility index (Phi) is 7.56. The first-order chi connectivity index (χ1) is 18.8. The standard InChI is InChI=1S/C31H30N2O5S/c1-22-12-15-26(16-13-22)39(35,36)33(21-24-8-4-3-5-9-24)28-11-7-6-10-27(28)31(34)32-23(2)25-14-17-29-30(20-25)38-19-18-37-29/h3-17,20,23H,18-19,21H2,1-2H3,(H,32,34)/t23-/m1/s1. The number of rotatable bonds is 8. The van der Waals surface area contributed by atoms with Crippen LogP contribution < -0.4 is 19.1 Å². The summed E-state index contributed by atoms with van der Waals surface area (Å²) in [7, 11) is -3.99. The minimum atomic E-state index is -3.99. The fourth-order valence-electron chi connectivity index (χ4n) is 4.46. The number of hydrogen-bond donors (Lipinski definition) is 1. The van der Waals surface area contributed by atoms with Crippen LogP contribution in [0.4, 0.5) is 5.69 Å². The van der Waals surface area contributed by atoms with Gasteiger partial charge in [-0.3, -0.25) is 9.10 Å². The Bertz CT molecular complexity index is 1570. The summed E-state index contributed by atoms with van der Waals surface area (Å²) in [5.41, 5.74) is 3.16. The first-order valence-corrected chi connectivity index (χ1v) is 14.2. The minimum absolute atomic E-state index is 0.0685. The molecule has 7 nitrogen and oxygen atoms in total. The molecule has 0 aromatic heterocycles. The van der Waals surface area contributed by atoms with Crippen molar-refractivity contribution in [1.82, 2.24) is 5.32 Å². The van der Waals surface area contributed by atoms with Gasteiger partial charge in [0.2, 0.25) is 0 Å². The highest BCUT2D eigenvalue weighted by molar-refractivity contribution is 7.92. The van der Waals surface area contributed by atoms with Gasteiger partial charge in [0.05, 0.1) is 28.7 Å². The fourth-order valence-corrected chi connectivity index (χ4v) is 5.93. The summed E-state index contributed by atoms with van der Waals surface area (Å²) in [5, 5.41) is 3.02. The molecule has 0 saturated heterocycles. The van der Waals surface area contributed by atoms with Crippen LogP contribution in [0.15, 0.2) is 102 Å². The van der Waals surface area contributed by atoms with E-state index in [4.69, 9.17) is 9.47 Å². The molecule has 1 heterocycles. The second-order valence-corrected chi connectivity index (χ2v) is 11.3. The van der Waals surface area contributed by atoms with E-state index < -0.39 is 10.0 Å². The number of carbonyl (C=O) groups excluding carboxylic acids is 1. The normalized spacial score (nSPS) is 13.4. The van der Waals surface area contributed by atoms with Crippen LogP contribution in [0.25, 0.3) is 0 Å². The van der Waals surface area contributed by atoms with Crippen molar-refractivity contribution >= 4 is 21.6 Å². The van der Waals surface area contributed by atoms with Gasteiger partial charge in [-0.15, -0.1) is 0 Å². The number of carbonyl (C=O) groups is 1. The van der Waals surface area contributed by atoms with Gasteiger partial charge in [0, 0.05) is 0 Å². The zero-order valence-corrected chi connectivity index (χ0v) is 22.6. The number of amides is 1. The lowest BCUT2D eigenvalue weighted by Crippen LogP contribution is -2.34. The van der Waals surface area contributed by atoms with E-state index in [9.17, 15) is 13.2 Å². The van der Waals surface area contributed by atoms with Crippen LogP contribution in [0.2, 0.25) is 0 Å². The molecule has 0 aliphatic carbocycles. The van der Waals surface area contributed by atoms with Gasteiger partial charge >= 0.3 is 0 Å². The molecule has 200 valence electrons. The molecule has 4 aromatic rings. The van der Waals surface area contributed by atoms with Crippen LogP contribution in [-0.4, -0.2) is 27.5 Å². The molecule has 1 N–H and O–H groups in total. The van der Waals surface area contributed by atoms with E-state index in [0.717, 1.165) is 16.7 Å². The van der Waals surface area contributed by atoms with Crippen LogP contribution in [-0.2, 0) is 16.6 Å². The predicted octanol–water partition coefficient (Wildman–Crippen LogP) is 5.65. The maximum absolute atomic E-state index is 14.0. The smallest absolute Gasteiger partial charge is 0.264 e. The number of hydrogen-bond acceptors (Lipinski definition) is 5. The number of fused-ring (bicyclic) bond motifs is 1. The third-order valence-electron chi connectivity index (χ3n) is 6.61. The summed E-state index contributed by atoms with van der Waals surface area (Å²) in [6.45, 7) is 4.81. The van der Waals surface area contributed by atoms with Crippen molar-refractivity contribution in [3.05, 3.63) is 119 Å². The molecule has 0 fully saturated rings. The molecule has 0 saturated carbocycles. The van der Waals surface area contributed by atoms with E-state index >= 15 is 0 Å². The highest BCUT2D eigenvalue weighted by atomic mass is 32.2. The van der Waals surface area contributed by atoms with Gasteiger partial charge in [-0.1, -0.05) is 66.2 Å². The molecule has 1 amide bonds. The highest BCUT2D eigenvalue weighted by Crippen LogP contribution is 2.33. The molecule has 0 bridgehead atoms. The molecule has 4 aromatic carbocycles. The van der Waals surface area contributed by atoms with Crippen molar-refractivity contribution in [2.45, 2.75) is 31.3 Å². The molecule has 5 rings (SSSR count). The number of aryl methyl sites for hydroxylation is 1. The average Bonchev–Trinajstić information content (AvgIpc) is 2.96. The third-order valence-corrected chi connectivity index (χ3v) is 8.38. The maximum Gasteiger partial charge on any atom is 0.264 e. The first-order valence-electron chi connectivity index (χ1n) is 12.8. The third kappa shape index (κ3) is 5.76. The van der Waals surface area contributed by atoms with E-state index in [1.807, 2.05) is 62.4 Å². The lowest BCUT2D eigenvalue weighted by Gasteiger charge is -2.27.